The number of aromatic nitrogens is 1. The Hall–Kier alpha value is -2.22. The molecule has 27 heavy (non-hydrogen) atoms. The third kappa shape index (κ3) is 5.63. The van der Waals surface area contributed by atoms with Crippen LogP contribution in [0.25, 0.3) is 0 Å². The Morgan fingerprint density at radius 1 is 1.15 bits per heavy atom. The average molecular weight is 414 g/mol. The number of anilines is 3. The van der Waals surface area contributed by atoms with Crippen LogP contribution in [0.3, 0.4) is 0 Å². The molecule has 1 aliphatic rings. The van der Waals surface area contributed by atoms with Crippen molar-refractivity contribution in [3.8, 4) is 5.75 Å². The Labute approximate surface area is 171 Å². The summed E-state index contributed by atoms with van der Waals surface area (Å²) in [5.74, 6) is 1.23. The molecule has 3 rings (SSSR count). The largest absolute Gasteiger partial charge is 0.497 e. The maximum Gasteiger partial charge on any atom is 0.255 e. The van der Waals surface area contributed by atoms with Gasteiger partial charge in [-0.15, -0.1) is 24.8 Å². The number of nitrogens with zero attached hydrogens (tertiary/aromatic N) is 3. The van der Waals surface area contributed by atoms with Gasteiger partial charge in [0, 0.05) is 44.0 Å². The fourth-order valence-corrected chi connectivity index (χ4v) is 2.73. The number of nitrogens with two attached hydrogens (primary N) is 1. The summed E-state index contributed by atoms with van der Waals surface area (Å²) < 4.78 is 5.18. The van der Waals surface area contributed by atoms with E-state index in [4.69, 9.17) is 10.5 Å². The molecule has 0 radical (unpaired) electrons. The molecule has 148 valence electrons. The van der Waals surface area contributed by atoms with Crippen molar-refractivity contribution in [2.45, 2.75) is 0 Å². The Morgan fingerprint density at radius 3 is 2.52 bits per heavy atom. The summed E-state index contributed by atoms with van der Waals surface area (Å²) in [6.07, 6.45) is 1.66. The van der Waals surface area contributed by atoms with Crippen LogP contribution in [0.1, 0.15) is 10.4 Å². The van der Waals surface area contributed by atoms with E-state index in [0.717, 1.165) is 32.0 Å². The van der Waals surface area contributed by atoms with Crippen molar-refractivity contribution in [3.05, 3.63) is 42.1 Å². The van der Waals surface area contributed by atoms with E-state index in [1.165, 1.54) is 0 Å². The quantitative estimate of drug-likeness (QED) is 0.749. The first-order chi connectivity index (χ1) is 12.1. The summed E-state index contributed by atoms with van der Waals surface area (Å²) in [5.41, 5.74) is 7.50. The van der Waals surface area contributed by atoms with Gasteiger partial charge in [-0.3, -0.25) is 4.79 Å². The number of likely N-dealkylation sites (N-methyl/N-ethyl adjacent to an activating group) is 1. The van der Waals surface area contributed by atoms with Crippen LogP contribution in [-0.2, 0) is 0 Å². The van der Waals surface area contributed by atoms with E-state index in [2.05, 4.69) is 27.1 Å². The first kappa shape index (κ1) is 22.8. The van der Waals surface area contributed by atoms with Crippen molar-refractivity contribution < 1.29 is 9.53 Å². The summed E-state index contributed by atoms with van der Waals surface area (Å²) in [6.45, 7) is 3.77. The van der Waals surface area contributed by atoms with Gasteiger partial charge in [-0.1, -0.05) is 0 Å². The second kappa shape index (κ2) is 10.2. The topological polar surface area (TPSA) is 83.7 Å². The lowest BCUT2D eigenvalue weighted by Crippen LogP contribution is -2.44. The molecule has 7 nitrogen and oxygen atoms in total. The van der Waals surface area contributed by atoms with Crippen LogP contribution in [0.4, 0.5) is 17.2 Å². The van der Waals surface area contributed by atoms with Gasteiger partial charge in [-0.25, -0.2) is 4.98 Å². The highest BCUT2D eigenvalue weighted by molar-refractivity contribution is 6.06. The zero-order valence-electron chi connectivity index (χ0n) is 15.3. The number of hydrogen-bond donors (Lipinski definition) is 2. The van der Waals surface area contributed by atoms with Gasteiger partial charge in [0.1, 0.15) is 11.6 Å². The highest BCUT2D eigenvalue weighted by Crippen LogP contribution is 2.25. The number of ether oxygens (including phenoxy) is 1. The average Bonchev–Trinajstić information content (AvgIpc) is 2.64. The van der Waals surface area contributed by atoms with Crippen molar-refractivity contribution in [2.24, 2.45) is 0 Å². The van der Waals surface area contributed by atoms with Gasteiger partial charge in [0.05, 0.1) is 18.5 Å². The molecule has 0 saturated carbocycles. The number of hydrogen-bond acceptors (Lipinski definition) is 6. The highest BCUT2D eigenvalue weighted by atomic mass is 35.5. The molecule has 1 aliphatic heterocycles. The van der Waals surface area contributed by atoms with Crippen molar-refractivity contribution in [3.63, 3.8) is 0 Å². The van der Waals surface area contributed by atoms with Crippen LogP contribution in [0.5, 0.6) is 5.75 Å². The zero-order chi connectivity index (χ0) is 17.8. The SMILES string of the molecule is COc1ccc(N)c(NC(=O)c2ccnc(N3CCN(C)CC3)c2)c1.Cl.Cl. The lowest BCUT2D eigenvalue weighted by atomic mass is 10.2. The van der Waals surface area contributed by atoms with Gasteiger partial charge in [-0.05, 0) is 31.3 Å². The third-order valence-electron chi connectivity index (χ3n) is 4.34. The molecular formula is C18H25Cl2N5O2. The van der Waals surface area contributed by atoms with Crippen LogP contribution in [0, 0.1) is 0 Å². The number of halogens is 2. The fraction of sp³-hybridized carbons (Fsp3) is 0.333. The number of rotatable bonds is 4. The number of nitrogens with one attached hydrogen (secondary N) is 1. The molecule has 9 heteroatoms. The molecule has 1 aromatic heterocycles. The number of amides is 1. The number of carbonyl (C=O) groups excluding carboxylic acids is 1. The molecule has 0 atom stereocenters. The minimum Gasteiger partial charge on any atom is -0.497 e. The number of methoxy groups -OCH3 is 1. The Bertz CT molecular complexity index is 767. The molecule has 1 saturated heterocycles. The number of benzene rings is 1. The standard InChI is InChI=1S/C18H23N5O2.2ClH/c1-22-7-9-23(10-8-22)17-11-13(5-6-20-17)18(24)21-16-12-14(25-2)3-4-15(16)19;;/h3-6,11-12H,7-10,19H2,1-2H3,(H,21,24);2*1H. The smallest absolute Gasteiger partial charge is 0.255 e. The van der Waals surface area contributed by atoms with Gasteiger partial charge in [0.15, 0.2) is 0 Å². The third-order valence-corrected chi connectivity index (χ3v) is 4.34. The van der Waals surface area contributed by atoms with E-state index < -0.39 is 0 Å². The number of pyridine rings is 1. The maximum atomic E-state index is 12.6. The predicted molar refractivity (Wildman–Crippen MR) is 114 cm³/mol. The second-order valence-corrected chi connectivity index (χ2v) is 6.10. The lowest BCUT2D eigenvalue weighted by Gasteiger charge is -2.33. The van der Waals surface area contributed by atoms with Crippen LogP contribution >= 0.6 is 24.8 Å². The van der Waals surface area contributed by atoms with E-state index in [-0.39, 0.29) is 30.7 Å². The first-order valence-electron chi connectivity index (χ1n) is 8.21. The van der Waals surface area contributed by atoms with E-state index in [1.807, 2.05) is 6.07 Å². The molecule has 0 unspecified atom stereocenters. The van der Waals surface area contributed by atoms with Crippen molar-refractivity contribution in [1.82, 2.24) is 9.88 Å². The van der Waals surface area contributed by atoms with Gasteiger partial charge in [-0.2, -0.15) is 0 Å². The minimum absolute atomic E-state index is 0. The Morgan fingerprint density at radius 2 is 1.85 bits per heavy atom. The Kier molecular flexibility index (Phi) is 8.62. The first-order valence-corrected chi connectivity index (χ1v) is 8.21. The van der Waals surface area contributed by atoms with Crippen LogP contribution in [0.2, 0.25) is 0 Å². The van der Waals surface area contributed by atoms with Crippen LogP contribution < -0.4 is 20.7 Å². The molecule has 3 N–H and O–H groups in total. The van der Waals surface area contributed by atoms with E-state index in [9.17, 15) is 4.79 Å². The lowest BCUT2D eigenvalue weighted by molar-refractivity contribution is 0.102. The predicted octanol–water partition coefficient (Wildman–Crippen LogP) is 2.52. The van der Waals surface area contributed by atoms with Crippen LogP contribution in [0.15, 0.2) is 36.5 Å². The highest BCUT2D eigenvalue weighted by Gasteiger charge is 2.17. The van der Waals surface area contributed by atoms with E-state index >= 15 is 0 Å². The molecule has 1 aromatic carbocycles. The summed E-state index contributed by atoms with van der Waals surface area (Å²) in [6, 6.07) is 8.68. The molecule has 2 aromatic rings. The summed E-state index contributed by atoms with van der Waals surface area (Å²) in [5, 5.41) is 2.84. The summed E-state index contributed by atoms with van der Waals surface area (Å²) in [7, 11) is 3.68. The summed E-state index contributed by atoms with van der Waals surface area (Å²) in [4.78, 5) is 21.5. The summed E-state index contributed by atoms with van der Waals surface area (Å²) >= 11 is 0. The van der Waals surface area contributed by atoms with E-state index in [1.54, 1.807) is 37.6 Å². The normalized spacial score (nSPS) is 13.9. The van der Waals surface area contributed by atoms with Gasteiger partial charge >= 0.3 is 0 Å². The van der Waals surface area contributed by atoms with Gasteiger partial charge in [0.2, 0.25) is 0 Å². The molecule has 0 bridgehead atoms. The number of piperazine rings is 1. The number of nitrogen functional groups attached to an aromatic ring is 1. The molecule has 0 aliphatic carbocycles. The molecular weight excluding hydrogens is 389 g/mol. The van der Waals surface area contributed by atoms with Gasteiger partial charge < -0.3 is 25.6 Å². The molecule has 2 heterocycles. The number of carbonyl (C=O) groups is 1. The molecule has 1 amide bonds. The maximum absolute atomic E-state index is 12.6. The van der Waals surface area contributed by atoms with Crippen molar-refractivity contribution >= 4 is 47.9 Å². The Balaban J connectivity index is 0.00000182. The zero-order valence-corrected chi connectivity index (χ0v) is 17.0. The second-order valence-electron chi connectivity index (χ2n) is 6.10. The van der Waals surface area contributed by atoms with Crippen molar-refractivity contribution in [2.75, 3.05) is 56.3 Å². The molecule has 1 fully saturated rings. The monoisotopic (exact) mass is 413 g/mol. The van der Waals surface area contributed by atoms with Crippen LogP contribution in [-0.4, -0.2) is 56.1 Å². The van der Waals surface area contributed by atoms with Gasteiger partial charge in [0.25, 0.3) is 5.91 Å². The molecule has 0 spiro atoms. The van der Waals surface area contributed by atoms with E-state index in [0.29, 0.717) is 22.7 Å². The van der Waals surface area contributed by atoms with Crippen molar-refractivity contribution in [1.29, 1.82) is 0 Å². The fourth-order valence-electron chi connectivity index (χ4n) is 2.73. The minimum atomic E-state index is -0.224.